The first-order valence-electron chi connectivity index (χ1n) is 6.72. The molecular formula is C15H20ClNO2S. The molecule has 110 valence electrons. The van der Waals surface area contributed by atoms with Gasteiger partial charge in [-0.25, -0.2) is 0 Å². The molecule has 1 aromatic rings. The molecule has 0 aliphatic heterocycles. The van der Waals surface area contributed by atoms with Crippen LogP contribution >= 0.6 is 11.6 Å². The molecule has 1 fully saturated rings. The third-order valence-electron chi connectivity index (χ3n) is 3.34. The van der Waals surface area contributed by atoms with Gasteiger partial charge in [0.2, 0.25) is 0 Å². The molecule has 1 atom stereocenters. The van der Waals surface area contributed by atoms with Crippen LogP contribution in [-0.4, -0.2) is 26.2 Å². The highest BCUT2D eigenvalue weighted by Crippen LogP contribution is 2.33. The highest BCUT2D eigenvalue weighted by atomic mass is 35.5. The van der Waals surface area contributed by atoms with Crippen LogP contribution in [0.1, 0.15) is 39.2 Å². The van der Waals surface area contributed by atoms with E-state index in [0.29, 0.717) is 17.9 Å². The third-order valence-corrected chi connectivity index (χ3v) is 5.01. The van der Waals surface area contributed by atoms with E-state index < -0.39 is 11.4 Å². The molecule has 5 heteroatoms. The number of halogens is 1. The molecule has 0 aromatic heterocycles. The van der Waals surface area contributed by atoms with E-state index in [2.05, 4.69) is 4.40 Å². The van der Waals surface area contributed by atoms with Crippen LogP contribution in [0.5, 0.6) is 0 Å². The Morgan fingerprint density at radius 3 is 2.30 bits per heavy atom. The van der Waals surface area contributed by atoms with Gasteiger partial charge in [0.1, 0.15) is 21.8 Å². The number of benzene rings is 1. The first-order valence-corrected chi connectivity index (χ1v) is 8.20. The molecule has 0 saturated heterocycles. The number of hydrogen-bond acceptors (Lipinski definition) is 3. The van der Waals surface area contributed by atoms with Crippen molar-refractivity contribution in [3.63, 3.8) is 0 Å². The van der Waals surface area contributed by atoms with E-state index in [-0.39, 0.29) is 16.8 Å². The Labute approximate surface area is 128 Å². The summed E-state index contributed by atoms with van der Waals surface area (Å²) in [5.41, 5.74) is 1.75. The van der Waals surface area contributed by atoms with Crippen LogP contribution in [-0.2, 0) is 11.4 Å². The second-order valence-electron chi connectivity index (χ2n) is 6.17. The van der Waals surface area contributed by atoms with Crippen LogP contribution in [0.15, 0.2) is 28.7 Å². The molecule has 1 aliphatic rings. The Morgan fingerprint density at radius 2 is 1.85 bits per heavy atom. The summed E-state index contributed by atoms with van der Waals surface area (Å²) in [5, 5.41) is 10.2. The zero-order valence-electron chi connectivity index (χ0n) is 12.0. The van der Waals surface area contributed by atoms with Crippen molar-refractivity contribution in [3.05, 3.63) is 34.9 Å². The van der Waals surface area contributed by atoms with E-state index in [0.717, 1.165) is 11.3 Å². The maximum Gasteiger partial charge on any atom is 0.144 e. The minimum Gasteiger partial charge on any atom is -0.591 e. The second kappa shape index (κ2) is 6.06. The monoisotopic (exact) mass is 313 g/mol. The summed E-state index contributed by atoms with van der Waals surface area (Å²) in [6.45, 7) is 5.71. The Kier molecular flexibility index (Phi) is 4.80. The van der Waals surface area contributed by atoms with Gasteiger partial charge in [0.05, 0.1) is 6.10 Å². The Balaban J connectivity index is 2.30. The van der Waals surface area contributed by atoms with Crippen molar-refractivity contribution in [3.8, 4) is 0 Å². The molecule has 20 heavy (non-hydrogen) atoms. The Morgan fingerprint density at radius 1 is 1.30 bits per heavy atom. The zero-order valence-corrected chi connectivity index (χ0v) is 13.5. The first kappa shape index (κ1) is 15.8. The fourth-order valence-corrected chi connectivity index (χ4v) is 2.85. The minimum atomic E-state index is -1.30. The lowest BCUT2D eigenvalue weighted by atomic mass is 9.77. The van der Waals surface area contributed by atoms with Gasteiger partial charge in [0.25, 0.3) is 0 Å². The maximum absolute atomic E-state index is 12.3. The van der Waals surface area contributed by atoms with Crippen molar-refractivity contribution in [2.75, 3.05) is 0 Å². The summed E-state index contributed by atoms with van der Waals surface area (Å²) in [7, 11) is 0. The first-order chi connectivity index (χ1) is 9.27. The minimum absolute atomic E-state index is 0.178. The average molecular weight is 314 g/mol. The molecule has 0 unspecified atom stereocenters. The zero-order chi connectivity index (χ0) is 14.9. The highest BCUT2D eigenvalue weighted by molar-refractivity contribution is 7.91. The van der Waals surface area contributed by atoms with Crippen molar-refractivity contribution >= 4 is 28.7 Å². The smallest absolute Gasteiger partial charge is 0.144 e. The average Bonchev–Trinajstić information content (AvgIpc) is 2.32. The van der Waals surface area contributed by atoms with Gasteiger partial charge < -0.3 is 9.66 Å². The lowest BCUT2D eigenvalue weighted by molar-refractivity contribution is 0.0704. The molecule has 1 N–H and O–H groups in total. The normalized spacial score (nSPS) is 25.2. The van der Waals surface area contributed by atoms with Gasteiger partial charge in [-0.1, -0.05) is 28.1 Å². The largest absolute Gasteiger partial charge is 0.591 e. The summed E-state index contributed by atoms with van der Waals surface area (Å²) < 4.78 is 16.3. The number of rotatable bonds is 3. The molecular weight excluding hydrogens is 294 g/mol. The maximum atomic E-state index is 12.3. The predicted molar refractivity (Wildman–Crippen MR) is 84.6 cm³/mol. The Hall–Kier alpha value is -0.550. The van der Waals surface area contributed by atoms with Crippen LogP contribution in [0.4, 0.5) is 0 Å². The van der Waals surface area contributed by atoms with E-state index in [4.69, 9.17) is 11.6 Å². The van der Waals surface area contributed by atoms with E-state index in [1.165, 1.54) is 0 Å². The van der Waals surface area contributed by atoms with Crippen molar-refractivity contribution in [2.24, 2.45) is 10.3 Å². The predicted octanol–water partition coefficient (Wildman–Crippen LogP) is 3.36. The number of aliphatic hydroxyl groups is 1. The lowest BCUT2D eigenvalue weighted by Gasteiger charge is -2.32. The van der Waals surface area contributed by atoms with Gasteiger partial charge >= 0.3 is 0 Å². The van der Waals surface area contributed by atoms with Gasteiger partial charge in [0, 0.05) is 16.5 Å². The second-order valence-corrected chi connectivity index (χ2v) is 8.51. The van der Waals surface area contributed by atoms with Crippen LogP contribution in [0.2, 0.25) is 5.02 Å². The van der Waals surface area contributed by atoms with Crippen molar-refractivity contribution in [1.82, 2.24) is 0 Å². The fraction of sp³-hybridized carbons (Fsp3) is 0.533. The van der Waals surface area contributed by atoms with Crippen LogP contribution < -0.4 is 0 Å². The van der Waals surface area contributed by atoms with E-state index in [9.17, 15) is 9.66 Å². The van der Waals surface area contributed by atoms with Gasteiger partial charge in [-0.2, -0.15) is 0 Å². The fourth-order valence-electron chi connectivity index (χ4n) is 2.02. The van der Waals surface area contributed by atoms with Crippen molar-refractivity contribution < 1.29 is 9.66 Å². The third kappa shape index (κ3) is 3.76. The van der Waals surface area contributed by atoms with Crippen molar-refractivity contribution in [1.29, 1.82) is 0 Å². The molecule has 1 aliphatic carbocycles. The molecule has 3 nitrogen and oxygen atoms in total. The molecule has 0 amide bonds. The molecule has 0 heterocycles. The van der Waals surface area contributed by atoms with Crippen LogP contribution in [0, 0.1) is 5.92 Å². The van der Waals surface area contributed by atoms with E-state index in [1.54, 1.807) is 0 Å². The molecule has 2 rings (SSSR count). The van der Waals surface area contributed by atoms with E-state index >= 15 is 0 Å². The summed E-state index contributed by atoms with van der Waals surface area (Å²) in [5.74, 6) is 0.178. The summed E-state index contributed by atoms with van der Waals surface area (Å²) in [6.07, 6.45) is 1.10. The van der Waals surface area contributed by atoms with Gasteiger partial charge in [0.15, 0.2) is 0 Å². The molecule has 0 spiro atoms. The summed E-state index contributed by atoms with van der Waals surface area (Å²) >= 11 is 4.61. The lowest BCUT2D eigenvalue weighted by Crippen LogP contribution is -2.36. The van der Waals surface area contributed by atoms with E-state index in [1.807, 2.05) is 45.0 Å². The molecule has 1 saturated carbocycles. The number of nitrogens with zero attached hydrogens (tertiary/aromatic N) is 1. The standard InChI is InChI=1S/C15H20ClNO2S/c1-15(2,3)20(19)17-14(11-8-13(18)9-11)10-4-6-12(16)7-5-10/h4-7,11,13,18H,8-9H2,1-3H3/t11?,13?,20-/m0/s1. The molecule has 1 aromatic carbocycles. The number of hydrogen-bond donors (Lipinski definition) is 1. The summed E-state index contributed by atoms with van der Waals surface area (Å²) in [4.78, 5) is 0. The SMILES string of the molecule is CC(C)(C)[S@+]([O-])N=C(c1ccc(Cl)cc1)C1CC(O)C1. The number of aliphatic hydroxyl groups excluding tert-OH is 1. The Bertz CT molecular complexity index is 490. The molecule has 0 radical (unpaired) electrons. The molecule has 0 bridgehead atoms. The van der Waals surface area contributed by atoms with Gasteiger partial charge in [-0.3, -0.25) is 0 Å². The van der Waals surface area contributed by atoms with Gasteiger partial charge in [-0.15, -0.1) is 0 Å². The quantitative estimate of drug-likeness (QED) is 0.687. The summed E-state index contributed by atoms with van der Waals surface area (Å²) in [6, 6.07) is 7.40. The van der Waals surface area contributed by atoms with Gasteiger partial charge in [-0.05, 0) is 45.7 Å². The van der Waals surface area contributed by atoms with Crippen LogP contribution in [0.3, 0.4) is 0 Å². The highest BCUT2D eigenvalue weighted by Gasteiger charge is 2.35. The topological polar surface area (TPSA) is 55.7 Å². The van der Waals surface area contributed by atoms with Crippen LogP contribution in [0.25, 0.3) is 0 Å². The van der Waals surface area contributed by atoms with Crippen molar-refractivity contribution in [2.45, 2.75) is 44.5 Å².